The van der Waals surface area contributed by atoms with E-state index in [1.165, 1.54) is 109 Å². The minimum Gasteiger partial charge on any atom is -0.300 e. The van der Waals surface area contributed by atoms with E-state index in [-0.39, 0.29) is 10.3 Å². The van der Waals surface area contributed by atoms with Crippen LogP contribution < -0.4 is 5.30 Å². The van der Waals surface area contributed by atoms with Crippen molar-refractivity contribution in [3.8, 4) is 22.3 Å². The van der Waals surface area contributed by atoms with Crippen molar-refractivity contribution in [3.63, 3.8) is 0 Å². The van der Waals surface area contributed by atoms with Gasteiger partial charge >= 0.3 is 0 Å². The van der Waals surface area contributed by atoms with Gasteiger partial charge in [-0.05, 0) is 99.2 Å². The molecule has 1 saturated heterocycles. The lowest BCUT2D eigenvalue weighted by molar-refractivity contribution is -0.121. The summed E-state index contributed by atoms with van der Waals surface area (Å²) in [6.07, 6.45) is 14.3. The molecule has 1 aliphatic heterocycles. The summed E-state index contributed by atoms with van der Waals surface area (Å²) in [6, 6.07) is 21.7. The van der Waals surface area contributed by atoms with Crippen LogP contribution in [0.1, 0.15) is 178 Å². The molecule has 0 aromatic heterocycles. The molecule has 3 fully saturated rings. The third-order valence-electron chi connectivity index (χ3n) is 12.1. The van der Waals surface area contributed by atoms with Gasteiger partial charge in [0.25, 0.3) is 0 Å². The molecule has 0 radical (unpaired) electrons. The Labute approximate surface area is 288 Å². The summed E-state index contributed by atoms with van der Waals surface area (Å²) in [6.45, 7) is 19.1. The Morgan fingerprint density at radius 2 is 0.809 bits per heavy atom. The molecule has 1 heterocycles. The number of Topliss-reactive ketones (excluding diaryl/α,β-unsaturated/α-hetero) is 1. The van der Waals surface area contributed by atoms with Crippen molar-refractivity contribution < 1.29 is 4.79 Å². The summed E-state index contributed by atoms with van der Waals surface area (Å²) in [5.74, 6) is 2.30. The summed E-state index contributed by atoms with van der Waals surface area (Å²) in [4.78, 5) is 14.1. The molecule has 2 spiro atoms. The van der Waals surface area contributed by atoms with Crippen LogP contribution in [0.2, 0.25) is 0 Å². The van der Waals surface area contributed by atoms with E-state index in [9.17, 15) is 4.79 Å². The fraction of sp³-hybridized carbons (Fsp3) is 0.578. The summed E-state index contributed by atoms with van der Waals surface area (Å²) < 4.78 is 0. The molecule has 3 aromatic carbocycles. The van der Waals surface area contributed by atoms with Gasteiger partial charge in [-0.2, -0.15) is 0 Å². The van der Waals surface area contributed by atoms with Gasteiger partial charge in [-0.25, -0.2) is 0 Å². The molecule has 2 aliphatic carbocycles. The van der Waals surface area contributed by atoms with Gasteiger partial charge in [-0.3, -0.25) is 4.79 Å². The number of ketones is 1. The maximum absolute atomic E-state index is 14.1. The van der Waals surface area contributed by atoms with Crippen LogP contribution in [0.25, 0.3) is 22.3 Å². The number of benzene rings is 3. The van der Waals surface area contributed by atoms with Crippen LogP contribution in [0.4, 0.5) is 0 Å². The molecule has 6 rings (SSSR count). The molecule has 3 aliphatic rings. The summed E-state index contributed by atoms with van der Waals surface area (Å²) in [5.41, 5.74) is 11.9. The van der Waals surface area contributed by atoms with Gasteiger partial charge in [0.15, 0.2) is 0 Å². The van der Waals surface area contributed by atoms with Crippen molar-refractivity contribution in [3.05, 3.63) is 76.9 Å². The van der Waals surface area contributed by atoms with E-state index in [0.29, 0.717) is 29.5 Å². The molecule has 252 valence electrons. The second-order valence-corrected chi connectivity index (χ2v) is 19.8. The third kappa shape index (κ3) is 6.33. The maximum Gasteiger partial charge on any atom is 0.134 e. The molecule has 0 unspecified atom stereocenters. The highest BCUT2D eigenvalue weighted by Gasteiger charge is 2.57. The largest absolute Gasteiger partial charge is 0.300 e. The van der Waals surface area contributed by atoms with Gasteiger partial charge < -0.3 is 0 Å². The Morgan fingerprint density at radius 1 is 0.489 bits per heavy atom. The highest BCUT2D eigenvalue weighted by molar-refractivity contribution is 7.69. The Hall–Kier alpha value is -2.24. The normalized spacial score (nSPS) is 20.0. The number of rotatable bonds is 7. The lowest BCUT2D eigenvalue weighted by atomic mass is 9.78. The van der Waals surface area contributed by atoms with Gasteiger partial charge in [0.05, 0.1) is 0 Å². The molecule has 2 heteroatoms. The zero-order valence-electron chi connectivity index (χ0n) is 30.8. The van der Waals surface area contributed by atoms with Crippen LogP contribution in [0, 0.1) is 0 Å². The minimum absolute atomic E-state index is 0.112. The average molecular weight is 649 g/mol. The Balaban J connectivity index is 1.81. The molecule has 0 atom stereocenters. The lowest BCUT2D eigenvalue weighted by Gasteiger charge is -2.58. The van der Waals surface area contributed by atoms with Gasteiger partial charge in [0.1, 0.15) is 5.78 Å². The fourth-order valence-corrected chi connectivity index (χ4v) is 15.1. The standard InChI is InChI=1S/C45H61OP/c1-30(2)35-18-15-19-36(31(3)4)41(35)39-22-17-23-40(42-37(32(5)6)20-16-21-38(42)33(7)8)43(39)47-44(24-11-9-12-25-44)28-34(46)29-45(47)26-13-10-14-27-45/h15-23,30-33H,9-14,24-29H2,1-8H3. The van der Waals surface area contributed by atoms with E-state index < -0.39 is 7.92 Å². The molecule has 0 amide bonds. The van der Waals surface area contributed by atoms with Crippen molar-refractivity contribution in [2.45, 2.75) is 166 Å². The molecule has 47 heavy (non-hydrogen) atoms. The molecule has 0 bridgehead atoms. The van der Waals surface area contributed by atoms with Crippen molar-refractivity contribution in [2.75, 3.05) is 0 Å². The molecule has 2 saturated carbocycles. The van der Waals surface area contributed by atoms with E-state index in [1.54, 1.807) is 5.30 Å². The smallest absolute Gasteiger partial charge is 0.134 e. The Bertz CT molecular complexity index is 1410. The molecular weight excluding hydrogens is 587 g/mol. The van der Waals surface area contributed by atoms with Crippen molar-refractivity contribution in [1.82, 2.24) is 0 Å². The SMILES string of the molecule is CC(C)c1cccc(C(C)C)c1-c1cccc(-c2c(C(C)C)cccc2C(C)C)c1P1C2(CCCCC2)CC(=O)CC12CCCCC2. The predicted octanol–water partition coefficient (Wildman–Crippen LogP) is 13.4. The van der Waals surface area contributed by atoms with Crippen LogP contribution in [0.5, 0.6) is 0 Å². The summed E-state index contributed by atoms with van der Waals surface area (Å²) >= 11 is 0. The van der Waals surface area contributed by atoms with Crippen molar-refractivity contribution in [2.24, 2.45) is 0 Å². The second kappa shape index (κ2) is 13.9. The first-order valence-electron chi connectivity index (χ1n) is 19.2. The van der Waals surface area contributed by atoms with E-state index in [2.05, 4.69) is 110 Å². The van der Waals surface area contributed by atoms with E-state index in [1.807, 2.05) is 0 Å². The Kier molecular flexibility index (Phi) is 10.3. The number of hydrogen-bond acceptors (Lipinski definition) is 1. The first-order valence-corrected chi connectivity index (χ1v) is 20.6. The lowest BCUT2D eigenvalue weighted by Crippen LogP contribution is -2.51. The quantitative estimate of drug-likeness (QED) is 0.233. The molecular formula is C45H61OP. The number of hydrogen-bond donors (Lipinski definition) is 0. The van der Waals surface area contributed by atoms with Gasteiger partial charge in [0.2, 0.25) is 0 Å². The Morgan fingerprint density at radius 3 is 1.13 bits per heavy atom. The van der Waals surface area contributed by atoms with Crippen molar-refractivity contribution >= 4 is 19.0 Å². The zero-order chi connectivity index (χ0) is 33.5. The fourth-order valence-electron chi connectivity index (χ4n) is 10.1. The van der Waals surface area contributed by atoms with Crippen LogP contribution in [-0.2, 0) is 4.79 Å². The van der Waals surface area contributed by atoms with Gasteiger partial charge in [0, 0.05) is 23.2 Å². The topological polar surface area (TPSA) is 17.1 Å². The van der Waals surface area contributed by atoms with Crippen LogP contribution in [0.15, 0.2) is 54.6 Å². The molecule has 1 nitrogen and oxygen atoms in total. The van der Waals surface area contributed by atoms with E-state index in [4.69, 9.17) is 0 Å². The van der Waals surface area contributed by atoms with Crippen LogP contribution in [0.3, 0.4) is 0 Å². The first kappa shape index (κ1) is 34.6. The second-order valence-electron chi connectivity index (χ2n) is 16.7. The summed E-state index contributed by atoms with van der Waals surface area (Å²) in [7, 11) is -0.635. The molecule has 3 aromatic rings. The predicted molar refractivity (Wildman–Crippen MR) is 206 cm³/mol. The number of carbonyl (C=O) groups excluding carboxylic acids is 1. The highest BCUT2D eigenvalue weighted by Crippen LogP contribution is 2.73. The average Bonchev–Trinajstić information content (AvgIpc) is 3.04. The first-order chi connectivity index (χ1) is 22.5. The zero-order valence-corrected chi connectivity index (χ0v) is 31.7. The van der Waals surface area contributed by atoms with E-state index >= 15 is 0 Å². The van der Waals surface area contributed by atoms with Gasteiger partial charge in [-0.1, -0.05) is 156 Å². The maximum atomic E-state index is 14.1. The van der Waals surface area contributed by atoms with Crippen LogP contribution in [-0.4, -0.2) is 16.1 Å². The number of carbonyl (C=O) groups is 1. The third-order valence-corrected chi connectivity index (χ3v) is 16.2. The van der Waals surface area contributed by atoms with E-state index in [0.717, 1.165) is 12.8 Å². The van der Waals surface area contributed by atoms with Crippen LogP contribution >= 0.6 is 7.92 Å². The minimum atomic E-state index is -0.635. The summed E-state index contributed by atoms with van der Waals surface area (Å²) in [5, 5.41) is 1.89. The highest BCUT2D eigenvalue weighted by atomic mass is 31.1. The molecule has 0 N–H and O–H groups in total. The van der Waals surface area contributed by atoms with Crippen molar-refractivity contribution in [1.29, 1.82) is 0 Å². The van der Waals surface area contributed by atoms with Gasteiger partial charge in [-0.15, -0.1) is 0 Å². The monoisotopic (exact) mass is 648 g/mol.